The molecule has 0 saturated heterocycles. The molecule has 1 aliphatic carbocycles. The number of nitrogens with zero attached hydrogens (tertiary/aromatic N) is 5. The van der Waals surface area contributed by atoms with Gasteiger partial charge in [-0.2, -0.15) is 15.0 Å². The second kappa shape index (κ2) is 9.44. The predicted octanol–water partition coefficient (Wildman–Crippen LogP) is 6.02. The van der Waals surface area contributed by atoms with Crippen LogP contribution in [0.15, 0.2) is 52.7 Å². The van der Waals surface area contributed by atoms with E-state index in [1.54, 1.807) is 15.9 Å². The fourth-order valence-corrected chi connectivity index (χ4v) is 4.47. The highest BCUT2D eigenvalue weighted by molar-refractivity contribution is 9.11. The van der Waals surface area contributed by atoms with Gasteiger partial charge in [0.25, 0.3) is 0 Å². The number of hydrogen-bond acceptors (Lipinski definition) is 5. The zero-order chi connectivity index (χ0) is 21.8. The lowest BCUT2D eigenvalue weighted by Crippen LogP contribution is -2.20. The van der Waals surface area contributed by atoms with Crippen molar-refractivity contribution < 1.29 is 0 Å². The van der Waals surface area contributed by atoms with Crippen LogP contribution in [0.4, 0.5) is 5.82 Å². The van der Waals surface area contributed by atoms with Crippen molar-refractivity contribution in [2.24, 2.45) is 22.6 Å². The topological polar surface area (TPSA) is 92.9 Å². The van der Waals surface area contributed by atoms with E-state index in [2.05, 4.69) is 51.1 Å². The highest BCUT2D eigenvalue weighted by atomic mass is 79.9. The Morgan fingerprint density at radius 3 is 2.81 bits per heavy atom. The first-order valence-corrected chi connectivity index (χ1v) is 11.4. The van der Waals surface area contributed by atoms with Gasteiger partial charge in [-0.3, -0.25) is 4.98 Å². The van der Waals surface area contributed by atoms with Gasteiger partial charge < -0.3 is 5.73 Å². The largest absolute Gasteiger partial charge is 0.383 e. The maximum atomic E-state index is 8.97. The Balaban J connectivity index is 1.71. The van der Waals surface area contributed by atoms with Crippen LogP contribution in [0.2, 0.25) is 0 Å². The number of aliphatic imine (C=N–C) groups is 1. The summed E-state index contributed by atoms with van der Waals surface area (Å²) in [7, 11) is 0. The van der Waals surface area contributed by atoms with E-state index in [1.165, 1.54) is 0 Å². The number of nitriles is 1. The van der Waals surface area contributed by atoms with Crippen molar-refractivity contribution in [2.45, 2.75) is 39.0 Å². The van der Waals surface area contributed by atoms with Gasteiger partial charge in [0.2, 0.25) is 0 Å². The first-order chi connectivity index (χ1) is 15.1. The minimum absolute atomic E-state index is 0.412. The summed E-state index contributed by atoms with van der Waals surface area (Å²) < 4.78 is 1.66. The first kappa shape index (κ1) is 21.3. The number of nitrogens with two attached hydrogens (primary N) is 1. The maximum Gasteiger partial charge on any atom is 0.165 e. The third-order valence-corrected chi connectivity index (χ3v) is 6.57. The maximum absolute atomic E-state index is 8.97. The van der Waals surface area contributed by atoms with E-state index in [1.807, 2.05) is 24.4 Å². The molecule has 6 nitrogen and oxygen atoms in total. The number of para-hydroxylation sites is 1. The lowest BCUT2D eigenvalue weighted by molar-refractivity contribution is 0.326. The molecule has 0 aliphatic heterocycles. The lowest BCUT2D eigenvalue weighted by atomic mass is 9.79. The van der Waals surface area contributed by atoms with Gasteiger partial charge in [0.1, 0.15) is 5.82 Å². The van der Waals surface area contributed by atoms with Gasteiger partial charge in [-0.15, -0.1) is 0 Å². The summed E-state index contributed by atoms with van der Waals surface area (Å²) in [5.41, 5.74) is 10.1. The normalized spacial score (nSPS) is 20.0. The standard InChI is InChI=1S/C24H25BrN6/c1-16(18-8-6-17(7-9-18)10-11-26)30-24-21(15-29-31(24)23(27)13-25)20-12-19-4-2-3-5-22(19)28-14-20/h2-5,12-15,17-18H,6-10,27H2,1H3/b23-13+,30-16+. The summed E-state index contributed by atoms with van der Waals surface area (Å²) in [6, 6.07) is 12.5. The minimum Gasteiger partial charge on any atom is -0.383 e. The van der Waals surface area contributed by atoms with Crippen LogP contribution in [0.5, 0.6) is 0 Å². The molecule has 31 heavy (non-hydrogen) atoms. The van der Waals surface area contributed by atoms with Crippen molar-refractivity contribution in [1.82, 2.24) is 14.8 Å². The summed E-state index contributed by atoms with van der Waals surface area (Å²) in [4.78, 5) is 11.3. The van der Waals surface area contributed by atoms with Crippen LogP contribution >= 0.6 is 15.9 Å². The second-order valence-corrected chi connectivity index (χ2v) is 8.54. The summed E-state index contributed by atoms with van der Waals surface area (Å²) in [5.74, 6) is 2.10. The molecule has 0 spiro atoms. The summed E-state index contributed by atoms with van der Waals surface area (Å²) in [6.45, 7) is 2.09. The van der Waals surface area contributed by atoms with Gasteiger partial charge in [0, 0.05) is 39.8 Å². The number of aromatic nitrogens is 3. The van der Waals surface area contributed by atoms with Crippen LogP contribution < -0.4 is 5.73 Å². The first-order valence-electron chi connectivity index (χ1n) is 10.5. The molecular weight excluding hydrogens is 452 g/mol. The quantitative estimate of drug-likeness (QED) is 0.455. The van der Waals surface area contributed by atoms with Gasteiger partial charge in [-0.05, 0) is 56.6 Å². The van der Waals surface area contributed by atoms with Gasteiger partial charge in [0.15, 0.2) is 5.82 Å². The smallest absolute Gasteiger partial charge is 0.165 e. The molecule has 0 bridgehead atoms. The van der Waals surface area contributed by atoms with Gasteiger partial charge in [-0.25, -0.2) is 4.99 Å². The number of halogens is 1. The zero-order valence-electron chi connectivity index (χ0n) is 17.5. The molecular formula is C24H25BrN6. The summed E-state index contributed by atoms with van der Waals surface area (Å²) >= 11 is 3.31. The molecule has 1 aromatic carbocycles. The van der Waals surface area contributed by atoms with E-state index in [-0.39, 0.29) is 0 Å². The Morgan fingerprint density at radius 2 is 2.06 bits per heavy atom. The molecule has 2 heterocycles. The average Bonchev–Trinajstić information content (AvgIpc) is 3.22. The van der Waals surface area contributed by atoms with E-state index in [9.17, 15) is 0 Å². The molecule has 0 unspecified atom stereocenters. The molecule has 0 radical (unpaired) electrons. The molecule has 7 heteroatoms. The van der Waals surface area contributed by atoms with Gasteiger partial charge in [-0.1, -0.05) is 34.1 Å². The van der Waals surface area contributed by atoms with Crippen LogP contribution in [0.25, 0.3) is 27.9 Å². The van der Waals surface area contributed by atoms with Crippen LogP contribution in [-0.2, 0) is 0 Å². The van der Waals surface area contributed by atoms with Crippen molar-refractivity contribution in [3.63, 3.8) is 0 Å². The van der Waals surface area contributed by atoms with E-state index in [0.29, 0.717) is 29.9 Å². The molecule has 3 aromatic rings. The fraction of sp³-hybridized carbons (Fsp3) is 0.333. The zero-order valence-corrected chi connectivity index (χ0v) is 19.1. The predicted molar refractivity (Wildman–Crippen MR) is 129 cm³/mol. The Labute approximate surface area is 190 Å². The number of hydrogen-bond donors (Lipinski definition) is 1. The average molecular weight is 477 g/mol. The van der Waals surface area contributed by atoms with Gasteiger partial charge in [0.05, 0.1) is 17.8 Å². The van der Waals surface area contributed by atoms with Crippen molar-refractivity contribution in [3.8, 4) is 17.2 Å². The van der Waals surface area contributed by atoms with Crippen LogP contribution in [-0.4, -0.2) is 20.5 Å². The Morgan fingerprint density at radius 1 is 1.29 bits per heavy atom. The molecule has 4 rings (SSSR count). The Bertz CT molecular complexity index is 1180. The molecule has 2 aromatic heterocycles. The Kier molecular flexibility index (Phi) is 6.47. The lowest BCUT2D eigenvalue weighted by Gasteiger charge is -2.27. The third-order valence-electron chi connectivity index (χ3n) is 6.10. The highest BCUT2D eigenvalue weighted by Crippen LogP contribution is 2.36. The molecule has 0 amide bonds. The second-order valence-electron chi connectivity index (χ2n) is 8.08. The van der Waals surface area contributed by atoms with E-state index >= 15 is 0 Å². The molecule has 1 fully saturated rings. The van der Waals surface area contributed by atoms with Crippen molar-refractivity contribution in [1.29, 1.82) is 5.26 Å². The van der Waals surface area contributed by atoms with E-state index in [0.717, 1.165) is 53.4 Å². The monoisotopic (exact) mass is 476 g/mol. The third kappa shape index (κ3) is 4.54. The minimum atomic E-state index is 0.412. The molecule has 158 valence electrons. The number of benzene rings is 1. The summed E-state index contributed by atoms with van der Waals surface area (Å²) in [5, 5.41) is 14.5. The van der Waals surface area contributed by atoms with Crippen molar-refractivity contribution >= 4 is 44.2 Å². The molecule has 2 N–H and O–H groups in total. The van der Waals surface area contributed by atoms with Crippen LogP contribution in [0, 0.1) is 23.2 Å². The highest BCUT2D eigenvalue weighted by Gasteiger charge is 2.24. The SMILES string of the molecule is C/C(=N\c1c(-c2cnc3ccccc3c2)cnn1/C(N)=C/Br)C1CCC(CC#N)CC1. The molecule has 1 aliphatic rings. The van der Waals surface area contributed by atoms with Crippen molar-refractivity contribution in [3.05, 3.63) is 47.7 Å². The fourth-order valence-electron chi connectivity index (χ4n) is 4.28. The van der Waals surface area contributed by atoms with Crippen LogP contribution in [0.3, 0.4) is 0 Å². The number of rotatable bonds is 5. The van der Waals surface area contributed by atoms with Gasteiger partial charge >= 0.3 is 0 Å². The van der Waals surface area contributed by atoms with Crippen molar-refractivity contribution in [2.75, 3.05) is 0 Å². The molecule has 0 atom stereocenters. The van der Waals surface area contributed by atoms with Crippen LogP contribution in [0.1, 0.15) is 39.0 Å². The van der Waals surface area contributed by atoms with E-state index in [4.69, 9.17) is 16.0 Å². The van der Waals surface area contributed by atoms with E-state index < -0.39 is 0 Å². The number of fused-ring (bicyclic) bond motifs is 1. The molecule has 1 saturated carbocycles. The number of pyridine rings is 1. The summed E-state index contributed by atoms with van der Waals surface area (Å²) in [6.07, 6.45) is 8.59. The Hall–Kier alpha value is -2.98.